The van der Waals surface area contributed by atoms with Gasteiger partial charge in [-0.25, -0.2) is 4.39 Å². The number of piperazine rings is 1. The Hall–Kier alpha value is -0.730. The van der Waals surface area contributed by atoms with Crippen molar-refractivity contribution in [2.24, 2.45) is 0 Å². The molecule has 0 unspecified atom stereocenters. The van der Waals surface area contributed by atoms with Crippen molar-refractivity contribution >= 4 is 21.8 Å². The molecular weight excluding hydrogens is 353 g/mol. The van der Waals surface area contributed by atoms with E-state index in [0.29, 0.717) is 56.4 Å². The Kier molecular flexibility index (Phi) is 5.77. The number of hydrogen-bond acceptors (Lipinski definition) is 3. The molecule has 0 N–H and O–H groups in total. The van der Waals surface area contributed by atoms with Crippen molar-refractivity contribution < 1.29 is 12.8 Å². The second kappa shape index (κ2) is 7.66. The van der Waals surface area contributed by atoms with E-state index >= 15 is 0 Å². The predicted molar refractivity (Wildman–Crippen MR) is 92.6 cm³/mol. The van der Waals surface area contributed by atoms with Crippen molar-refractivity contribution in [2.75, 3.05) is 39.3 Å². The first kappa shape index (κ1) is 18.1. The zero-order chi connectivity index (χ0) is 17.2. The Balaban J connectivity index is 1.59. The van der Waals surface area contributed by atoms with Crippen LogP contribution < -0.4 is 0 Å². The highest BCUT2D eigenvalue weighted by atomic mass is 35.5. The van der Waals surface area contributed by atoms with Gasteiger partial charge in [-0.1, -0.05) is 24.1 Å². The monoisotopic (exact) mass is 375 g/mol. The summed E-state index contributed by atoms with van der Waals surface area (Å²) in [7, 11) is -3.36. The van der Waals surface area contributed by atoms with Gasteiger partial charge in [0.25, 0.3) is 10.2 Å². The third kappa shape index (κ3) is 3.91. The van der Waals surface area contributed by atoms with E-state index in [1.165, 1.54) is 6.07 Å². The topological polar surface area (TPSA) is 43.9 Å². The fourth-order valence-electron chi connectivity index (χ4n) is 3.28. The lowest BCUT2D eigenvalue weighted by Gasteiger charge is -2.37. The van der Waals surface area contributed by atoms with E-state index in [2.05, 4.69) is 0 Å². The average molecular weight is 376 g/mol. The smallest absolute Gasteiger partial charge is 0.282 e. The van der Waals surface area contributed by atoms with Gasteiger partial charge >= 0.3 is 0 Å². The normalized spacial score (nSPS) is 21.9. The van der Waals surface area contributed by atoms with Crippen molar-refractivity contribution in [3.63, 3.8) is 0 Å². The van der Waals surface area contributed by atoms with Crippen LogP contribution in [0.5, 0.6) is 0 Å². The highest BCUT2D eigenvalue weighted by Crippen LogP contribution is 2.23. The highest BCUT2D eigenvalue weighted by molar-refractivity contribution is 7.86. The Morgan fingerprint density at radius 2 is 1.58 bits per heavy atom. The maximum atomic E-state index is 13.9. The van der Waals surface area contributed by atoms with E-state index in [1.54, 1.807) is 20.7 Å². The fraction of sp³-hybridized carbons (Fsp3) is 0.625. The first-order valence-corrected chi connectivity index (χ1v) is 10.2. The van der Waals surface area contributed by atoms with Crippen LogP contribution in [0.25, 0.3) is 0 Å². The van der Waals surface area contributed by atoms with Crippen LogP contribution in [0.3, 0.4) is 0 Å². The lowest BCUT2D eigenvalue weighted by Crippen LogP contribution is -2.53. The van der Waals surface area contributed by atoms with Gasteiger partial charge in [-0.3, -0.25) is 4.90 Å². The van der Waals surface area contributed by atoms with Crippen LogP contribution in [0.15, 0.2) is 18.2 Å². The molecule has 0 aromatic heterocycles. The lowest BCUT2D eigenvalue weighted by atomic mass is 10.2. The fourth-order valence-corrected chi connectivity index (χ4v) is 5.18. The van der Waals surface area contributed by atoms with Crippen molar-refractivity contribution in [1.29, 1.82) is 0 Å². The third-order valence-corrected chi connectivity index (χ3v) is 7.13. The molecule has 0 atom stereocenters. The molecule has 0 radical (unpaired) electrons. The van der Waals surface area contributed by atoms with E-state index in [9.17, 15) is 12.8 Å². The minimum absolute atomic E-state index is 0.314. The highest BCUT2D eigenvalue weighted by Gasteiger charge is 2.33. The van der Waals surface area contributed by atoms with Gasteiger partial charge < -0.3 is 0 Å². The van der Waals surface area contributed by atoms with E-state index < -0.39 is 10.2 Å². The van der Waals surface area contributed by atoms with E-state index in [4.69, 9.17) is 11.6 Å². The summed E-state index contributed by atoms with van der Waals surface area (Å²) in [4.78, 5) is 2.05. The van der Waals surface area contributed by atoms with Gasteiger partial charge in [-0.05, 0) is 25.0 Å². The molecule has 5 nitrogen and oxygen atoms in total. The minimum Gasteiger partial charge on any atom is -0.296 e. The largest absolute Gasteiger partial charge is 0.296 e. The molecule has 2 saturated heterocycles. The van der Waals surface area contributed by atoms with Gasteiger partial charge in [0.15, 0.2) is 0 Å². The zero-order valence-electron chi connectivity index (χ0n) is 13.6. The van der Waals surface area contributed by atoms with Crippen LogP contribution >= 0.6 is 11.6 Å². The minimum atomic E-state index is -3.36. The molecule has 1 aromatic rings. The average Bonchev–Trinajstić information content (AvgIpc) is 2.59. The van der Waals surface area contributed by atoms with Gasteiger partial charge in [0, 0.05) is 56.4 Å². The molecule has 1 aromatic carbocycles. The molecule has 2 heterocycles. The van der Waals surface area contributed by atoms with Crippen LogP contribution in [0.4, 0.5) is 4.39 Å². The first-order chi connectivity index (χ1) is 11.5. The number of benzene rings is 1. The van der Waals surface area contributed by atoms with E-state index in [0.717, 1.165) is 19.3 Å². The third-order valence-electron chi connectivity index (χ3n) is 4.74. The molecule has 2 aliphatic rings. The summed E-state index contributed by atoms with van der Waals surface area (Å²) >= 11 is 6.07. The first-order valence-electron chi connectivity index (χ1n) is 8.39. The molecule has 0 amide bonds. The SMILES string of the molecule is O=S(=O)(N1CCCCC1)N1CCN(Cc2c(F)cccc2Cl)CC1. The van der Waals surface area contributed by atoms with Gasteiger partial charge in [-0.2, -0.15) is 17.0 Å². The maximum Gasteiger partial charge on any atom is 0.282 e. The molecule has 0 aliphatic carbocycles. The van der Waals surface area contributed by atoms with Crippen molar-refractivity contribution in [1.82, 2.24) is 13.5 Å². The standard InChI is InChI=1S/C16H23ClFN3O2S/c17-15-5-4-6-16(18)14(15)13-19-9-11-21(12-10-19)24(22,23)20-7-2-1-3-8-20/h4-6H,1-3,7-13H2. The van der Waals surface area contributed by atoms with Gasteiger partial charge in [0.05, 0.1) is 0 Å². The molecule has 8 heteroatoms. The van der Waals surface area contributed by atoms with Crippen LogP contribution in [0.2, 0.25) is 5.02 Å². The predicted octanol–water partition coefficient (Wildman–Crippen LogP) is 2.33. The summed E-state index contributed by atoms with van der Waals surface area (Å²) in [5, 5.41) is 0.415. The Bertz CT molecular complexity index is 652. The molecule has 24 heavy (non-hydrogen) atoms. The summed E-state index contributed by atoms with van der Waals surface area (Å²) in [6.45, 7) is 3.68. The molecule has 0 bridgehead atoms. The summed E-state index contributed by atoms with van der Waals surface area (Å²) in [6.07, 6.45) is 2.97. The van der Waals surface area contributed by atoms with Crippen LogP contribution in [0.1, 0.15) is 24.8 Å². The van der Waals surface area contributed by atoms with Crippen LogP contribution in [0, 0.1) is 5.82 Å². The van der Waals surface area contributed by atoms with Crippen molar-refractivity contribution in [3.8, 4) is 0 Å². The lowest BCUT2D eigenvalue weighted by molar-refractivity contribution is 0.171. The zero-order valence-corrected chi connectivity index (χ0v) is 15.2. The molecule has 0 spiro atoms. The van der Waals surface area contributed by atoms with Gasteiger partial charge in [0.1, 0.15) is 5.82 Å². The number of piperidine rings is 1. The van der Waals surface area contributed by atoms with Gasteiger partial charge in [0.2, 0.25) is 0 Å². The quantitative estimate of drug-likeness (QED) is 0.811. The second-order valence-corrected chi connectivity index (χ2v) is 8.68. The molecular formula is C16H23ClFN3O2S. The molecule has 2 fully saturated rings. The van der Waals surface area contributed by atoms with E-state index in [1.807, 2.05) is 4.90 Å². The second-order valence-electron chi connectivity index (χ2n) is 6.34. The Morgan fingerprint density at radius 1 is 0.958 bits per heavy atom. The maximum absolute atomic E-state index is 13.9. The Morgan fingerprint density at radius 3 is 2.21 bits per heavy atom. The van der Waals surface area contributed by atoms with Crippen LogP contribution in [-0.2, 0) is 16.8 Å². The summed E-state index contributed by atoms with van der Waals surface area (Å²) in [6, 6.07) is 4.67. The van der Waals surface area contributed by atoms with Crippen LogP contribution in [-0.4, -0.2) is 61.2 Å². The molecule has 3 rings (SSSR count). The number of rotatable bonds is 4. The molecule has 134 valence electrons. The number of hydrogen-bond donors (Lipinski definition) is 0. The van der Waals surface area contributed by atoms with Crippen molar-refractivity contribution in [2.45, 2.75) is 25.8 Å². The molecule has 2 aliphatic heterocycles. The summed E-state index contributed by atoms with van der Waals surface area (Å²) < 4.78 is 42.4. The van der Waals surface area contributed by atoms with Crippen molar-refractivity contribution in [3.05, 3.63) is 34.6 Å². The summed E-state index contributed by atoms with van der Waals surface area (Å²) in [5.74, 6) is -0.314. The number of nitrogens with zero attached hydrogens (tertiary/aromatic N) is 3. The van der Waals surface area contributed by atoms with Gasteiger partial charge in [-0.15, -0.1) is 0 Å². The molecule has 0 saturated carbocycles. The number of halogens is 2. The van der Waals surface area contributed by atoms with E-state index in [-0.39, 0.29) is 5.82 Å². The summed E-state index contributed by atoms with van der Waals surface area (Å²) in [5.41, 5.74) is 0.478. The Labute approximate surface area is 148 Å².